The van der Waals surface area contributed by atoms with E-state index in [1.165, 1.54) is 16.0 Å². The maximum Gasteiger partial charge on any atom is 0.318 e. The number of cyclic esters (lactones) is 2. The number of hydrogen-bond donors (Lipinski definition) is 0. The summed E-state index contributed by atoms with van der Waals surface area (Å²) in [5.74, 6) is -1.26. The van der Waals surface area contributed by atoms with Crippen LogP contribution in [-0.4, -0.2) is 17.2 Å². The van der Waals surface area contributed by atoms with E-state index < -0.39 is 0 Å². The van der Waals surface area contributed by atoms with E-state index in [1.807, 2.05) is 12.1 Å². The lowest BCUT2D eigenvalue weighted by molar-refractivity contribution is -0.153. The second-order valence-electron chi connectivity index (χ2n) is 4.80. The summed E-state index contributed by atoms with van der Waals surface area (Å²) in [4.78, 5) is 24.6. The van der Waals surface area contributed by atoms with Crippen LogP contribution >= 0.6 is 11.8 Å². The average Bonchev–Trinajstić information content (AvgIpc) is 2.88. The number of fused-ring (bicyclic) bond motifs is 5. The number of hydrogen-bond acceptors (Lipinski definition) is 4. The van der Waals surface area contributed by atoms with Crippen LogP contribution in [0, 0.1) is 11.8 Å². The van der Waals surface area contributed by atoms with Gasteiger partial charge in [-0.1, -0.05) is 24.3 Å². The standard InChI is InChI=1S/C14H10O3S/c15-13-9-6-5-8-7-3-1-2-4-10(7)18-12(8)11(9)14(16)17-13/h1-5,9,11-12H,6H2. The fourth-order valence-electron chi connectivity index (χ4n) is 3.04. The van der Waals surface area contributed by atoms with Gasteiger partial charge >= 0.3 is 11.9 Å². The molecule has 3 atom stereocenters. The summed E-state index contributed by atoms with van der Waals surface area (Å²) in [6.45, 7) is 0. The van der Waals surface area contributed by atoms with Crippen molar-refractivity contribution in [2.45, 2.75) is 16.6 Å². The van der Waals surface area contributed by atoms with Crippen molar-refractivity contribution in [3.8, 4) is 0 Å². The van der Waals surface area contributed by atoms with Crippen molar-refractivity contribution >= 4 is 29.3 Å². The summed E-state index contributed by atoms with van der Waals surface area (Å²) in [7, 11) is 0. The summed E-state index contributed by atoms with van der Waals surface area (Å²) in [5, 5.41) is 0.0556. The highest BCUT2D eigenvalue weighted by molar-refractivity contribution is 8.01. The molecule has 18 heavy (non-hydrogen) atoms. The zero-order valence-electron chi connectivity index (χ0n) is 9.46. The fraction of sp³-hybridized carbons (Fsp3) is 0.286. The molecule has 90 valence electrons. The minimum atomic E-state index is -0.350. The minimum absolute atomic E-state index is 0.0556. The van der Waals surface area contributed by atoms with Gasteiger partial charge in [0.05, 0.1) is 11.8 Å². The van der Waals surface area contributed by atoms with Crippen molar-refractivity contribution in [3.63, 3.8) is 0 Å². The van der Waals surface area contributed by atoms with E-state index in [4.69, 9.17) is 4.74 Å². The van der Waals surface area contributed by atoms with Gasteiger partial charge in [-0.25, -0.2) is 0 Å². The van der Waals surface area contributed by atoms with E-state index in [0.717, 1.165) is 0 Å². The molecule has 3 aliphatic rings. The highest BCUT2D eigenvalue weighted by Gasteiger charge is 2.53. The van der Waals surface area contributed by atoms with Crippen molar-refractivity contribution in [2.75, 3.05) is 0 Å². The molecule has 1 aromatic carbocycles. The molecule has 4 rings (SSSR count). The monoisotopic (exact) mass is 258 g/mol. The van der Waals surface area contributed by atoms with Gasteiger partial charge in [0.15, 0.2) is 0 Å². The molecule has 0 amide bonds. The lowest BCUT2D eigenvalue weighted by Crippen LogP contribution is -2.30. The molecule has 3 unspecified atom stereocenters. The topological polar surface area (TPSA) is 43.4 Å². The molecule has 0 saturated carbocycles. The minimum Gasteiger partial charge on any atom is -0.393 e. The fourth-order valence-corrected chi connectivity index (χ4v) is 4.58. The first kappa shape index (κ1) is 10.4. The summed E-state index contributed by atoms with van der Waals surface area (Å²) in [6.07, 6.45) is 2.72. The van der Waals surface area contributed by atoms with E-state index >= 15 is 0 Å². The van der Waals surface area contributed by atoms with Gasteiger partial charge < -0.3 is 4.74 Å². The molecule has 1 aliphatic carbocycles. The van der Waals surface area contributed by atoms with Gasteiger partial charge in [0.1, 0.15) is 0 Å². The molecular weight excluding hydrogens is 248 g/mol. The first-order chi connectivity index (χ1) is 8.75. The van der Waals surface area contributed by atoms with Gasteiger partial charge in [-0.05, 0) is 23.6 Å². The summed E-state index contributed by atoms with van der Waals surface area (Å²) >= 11 is 1.68. The van der Waals surface area contributed by atoms with Crippen molar-refractivity contribution in [1.29, 1.82) is 0 Å². The second kappa shape index (κ2) is 3.48. The summed E-state index contributed by atoms with van der Waals surface area (Å²) < 4.78 is 4.79. The average molecular weight is 258 g/mol. The normalized spacial score (nSPS) is 32.4. The first-order valence-corrected chi connectivity index (χ1v) is 6.85. The molecule has 3 nitrogen and oxygen atoms in total. The number of carbonyl (C=O) groups excluding carboxylic acids is 2. The van der Waals surface area contributed by atoms with Crippen LogP contribution in [0.5, 0.6) is 0 Å². The van der Waals surface area contributed by atoms with Crippen molar-refractivity contribution in [1.82, 2.24) is 0 Å². The number of carbonyl (C=O) groups is 2. The van der Waals surface area contributed by atoms with Gasteiger partial charge in [-0.15, -0.1) is 11.8 Å². The molecule has 0 spiro atoms. The van der Waals surface area contributed by atoms with Crippen LogP contribution in [0.15, 0.2) is 35.2 Å². The molecule has 1 saturated heterocycles. The van der Waals surface area contributed by atoms with Crippen molar-refractivity contribution < 1.29 is 14.3 Å². The van der Waals surface area contributed by atoms with E-state index in [2.05, 4.69) is 18.2 Å². The van der Waals surface area contributed by atoms with Crippen molar-refractivity contribution in [3.05, 3.63) is 35.9 Å². The van der Waals surface area contributed by atoms with Crippen LogP contribution < -0.4 is 0 Å². The van der Waals surface area contributed by atoms with Gasteiger partial charge in [-0.3, -0.25) is 9.59 Å². The van der Waals surface area contributed by atoms with E-state index in [9.17, 15) is 9.59 Å². The largest absolute Gasteiger partial charge is 0.393 e. The smallest absolute Gasteiger partial charge is 0.318 e. The number of thioether (sulfide) groups is 1. The molecule has 0 N–H and O–H groups in total. The van der Waals surface area contributed by atoms with Gasteiger partial charge in [0.2, 0.25) is 0 Å². The predicted octanol–water partition coefficient (Wildman–Crippen LogP) is 2.26. The Morgan fingerprint density at radius 3 is 2.89 bits per heavy atom. The van der Waals surface area contributed by atoms with Gasteiger partial charge in [0.25, 0.3) is 0 Å². The third kappa shape index (κ3) is 1.21. The highest BCUT2D eigenvalue weighted by atomic mass is 32.2. The Morgan fingerprint density at radius 2 is 2.00 bits per heavy atom. The van der Waals surface area contributed by atoms with Crippen LogP contribution in [0.4, 0.5) is 0 Å². The zero-order chi connectivity index (χ0) is 12.3. The second-order valence-corrected chi connectivity index (χ2v) is 5.99. The Balaban J connectivity index is 1.82. The molecule has 1 aromatic rings. The Hall–Kier alpha value is -1.55. The maximum atomic E-state index is 11.8. The first-order valence-electron chi connectivity index (χ1n) is 5.97. The molecule has 1 fully saturated rings. The Labute approximate surface area is 108 Å². The third-order valence-corrected chi connectivity index (χ3v) is 5.30. The molecule has 4 heteroatoms. The summed E-state index contributed by atoms with van der Waals surface area (Å²) in [5.41, 5.74) is 2.40. The quantitative estimate of drug-likeness (QED) is 0.529. The molecular formula is C14H10O3S. The van der Waals surface area contributed by atoms with Gasteiger partial charge in [0, 0.05) is 10.1 Å². The van der Waals surface area contributed by atoms with Crippen LogP contribution in [0.1, 0.15) is 12.0 Å². The van der Waals surface area contributed by atoms with Crippen LogP contribution in [-0.2, 0) is 14.3 Å². The summed E-state index contributed by atoms with van der Waals surface area (Å²) in [6, 6.07) is 8.15. The molecule has 0 aromatic heterocycles. The number of ether oxygens (including phenoxy) is 1. The van der Waals surface area contributed by atoms with E-state index in [-0.39, 0.29) is 29.0 Å². The Morgan fingerprint density at radius 1 is 1.17 bits per heavy atom. The molecule has 0 bridgehead atoms. The lowest BCUT2D eigenvalue weighted by Gasteiger charge is -2.24. The molecule has 0 radical (unpaired) electrons. The molecule has 2 heterocycles. The van der Waals surface area contributed by atoms with Crippen LogP contribution in [0.25, 0.3) is 5.57 Å². The number of allylic oxidation sites excluding steroid dienone is 1. The number of benzene rings is 1. The Bertz CT molecular complexity index is 605. The van der Waals surface area contributed by atoms with Gasteiger partial charge in [-0.2, -0.15) is 0 Å². The van der Waals surface area contributed by atoms with Crippen molar-refractivity contribution in [2.24, 2.45) is 11.8 Å². The highest BCUT2D eigenvalue weighted by Crippen LogP contribution is 2.54. The zero-order valence-corrected chi connectivity index (χ0v) is 10.3. The van der Waals surface area contributed by atoms with E-state index in [0.29, 0.717) is 6.42 Å². The van der Waals surface area contributed by atoms with Crippen LogP contribution in [0.3, 0.4) is 0 Å². The SMILES string of the molecule is O=C1OC(=O)C2C1CC=C1c3ccccc3SC12. The Kier molecular flexibility index (Phi) is 2.01. The predicted molar refractivity (Wildman–Crippen MR) is 66.8 cm³/mol. The molecule has 2 aliphatic heterocycles. The van der Waals surface area contributed by atoms with E-state index in [1.54, 1.807) is 11.8 Å². The number of esters is 2. The van der Waals surface area contributed by atoms with Crippen LogP contribution in [0.2, 0.25) is 0 Å². The lowest BCUT2D eigenvalue weighted by atomic mass is 9.79. The number of rotatable bonds is 0. The maximum absolute atomic E-state index is 11.8. The third-order valence-electron chi connectivity index (χ3n) is 3.89.